The Morgan fingerprint density at radius 3 is 2.12 bits per heavy atom. The van der Waals surface area contributed by atoms with Crippen LogP contribution in [0.25, 0.3) is 0 Å². The number of rotatable bonds is 7. The van der Waals surface area contributed by atoms with Crippen LogP contribution in [0.5, 0.6) is 0 Å². The van der Waals surface area contributed by atoms with Gasteiger partial charge in [-0.25, -0.2) is 0 Å². The Balaban J connectivity index is 3.81. The van der Waals surface area contributed by atoms with Gasteiger partial charge < -0.3 is 26.4 Å². The number of ether oxygens (including phenoxy) is 1. The number of carbonyl (C=O) groups is 3. The number of nitrogens with two attached hydrogens (primary N) is 2. The van der Waals surface area contributed by atoms with Gasteiger partial charge in [0.05, 0.1) is 13.0 Å². The fraction of sp³-hybridized carbons (Fsp3) is 0.625. The number of aliphatic carboxylic acids is 2. The van der Waals surface area contributed by atoms with E-state index in [0.717, 1.165) is 0 Å². The highest BCUT2D eigenvalue weighted by Crippen LogP contribution is 1.95. The summed E-state index contributed by atoms with van der Waals surface area (Å²) < 4.78 is 4.55. The number of hydrogen-bond acceptors (Lipinski definition) is 6. The van der Waals surface area contributed by atoms with E-state index < -0.39 is 36.4 Å². The summed E-state index contributed by atoms with van der Waals surface area (Å²) in [6.45, 7) is -0.209. The number of carbonyl (C=O) groups excluding carboxylic acids is 1. The minimum atomic E-state index is -1.25. The van der Waals surface area contributed by atoms with Gasteiger partial charge in [0.15, 0.2) is 0 Å². The van der Waals surface area contributed by atoms with Crippen molar-refractivity contribution in [2.45, 2.75) is 24.9 Å². The molecule has 0 rings (SSSR count). The summed E-state index contributed by atoms with van der Waals surface area (Å²) in [7, 11) is 0. The normalized spacial score (nSPS) is 13.9. The molecule has 0 fully saturated rings. The second-order valence-corrected chi connectivity index (χ2v) is 3.11. The second kappa shape index (κ2) is 6.75. The largest absolute Gasteiger partial charge is 0.481 e. The first-order chi connectivity index (χ1) is 7.34. The first-order valence-electron chi connectivity index (χ1n) is 4.47. The van der Waals surface area contributed by atoms with E-state index in [1.807, 2.05) is 0 Å². The highest BCUT2D eigenvalue weighted by atomic mass is 16.5. The number of carboxylic acids is 2. The Hall–Kier alpha value is -1.67. The van der Waals surface area contributed by atoms with Crippen LogP contribution in [0.15, 0.2) is 0 Å². The van der Waals surface area contributed by atoms with Crippen molar-refractivity contribution in [1.82, 2.24) is 0 Å². The topological polar surface area (TPSA) is 153 Å². The van der Waals surface area contributed by atoms with Crippen molar-refractivity contribution in [3.8, 4) is 0 Å². The van der Waals surface area contributed by atoms with Crippen molar-refractivity contribution in [2.75, 3.05) is 6.61 Å². The van der Waals surface area contributed by atoms with Crippen LogP contribution in [0.4, 0.5) is 0 Å². The summed E-state index contributed by atoms with van der Waals surface area (Å²) in [5.41, 5.74) is 10.3. The molecule has 8 heteroatoms. The maximum Gasteiger partial charge on any atom is 0.323 e. The first-order valence-corrected chi connectivity index (χ1v) is 4.47. The molecule has 0 aliphatic rings. The van der Waals surface area contributed by atoms with Crippen molar-refractivity contribution < 1.29 is 29.3 Å². The van der Waals surface area contributed by atoms with Gasteiger partial charge in [-0.3, -0.25) is 14.4 Å². The lowest BCUT2D eigenvalue weighted by Gasteiger charge is -2.10. The molecule has 6 N–H and O–H groups in total. The number of esters is 1. The molecular weight excluding hydrogens is 220 g/mol. The molecule has 0 bridgehead atoms. The van der Waals surface area contributed by atoms with Gasteiger partial charge in [0.2, 0.25) is 0 Å². The molecule has 0 heterocycles. The molecule has 16 heavy (non-hydrogen) atoms. The van der Waals surface area contributed by atoms with Crippen molar-refractivity contribution in [3.05, 3.63) is 0 Å². The van der Waals surface area contributed by atoms with Gasteiger partial charge in [-0.05, 0) is 0 Å². The van der Waals surface area contributed by atoms with Gasteiger partial charge in [-0.15, -0.1) is 0 Å². The van der Waals surface area contributed by atoms with Crippen molar-refractivity contribution in [2.24, 2.45) is 11.5 Å². The van der Waals surface area contributed by atoms with E-state index in [9.17, 15) is 14.4 Å². The third-order valence-corrected chi connectivity index (χ3v) is 1.69. The van der Waals surface area contributed by atoms with Crippen molar-refractivity contribution in [1.29, 1.82) is 0 Å². The van der Waals surface area contributed by atoms with Crippen molar-refractivity contribution in [3.63, 3.8) is 0 Å². The summed E-state index contributed by atoms with van der Waals surface area (Å²) in [4.78, 5) is 31.5. The predicted octanol–water partition coefficient (Wildman–Crippen LogP) is -1.87. The molecular formula is C8H14N2O6. The van der Waals surface area contributed by atoms with Gasteiger partial charge >= 0.3 is 17.9 Å². The number of carboxylic acid groups (broad SMARTS) is 2. The molecule has 0 aliphatic carbocycles. The molecule has 2 atom stereocenters. The van der Waals surface area contributed by atoms with Gasteiger partial charge in [-0.1, -0.05) is 0 Å². The van der Waals surface area contributed by atoms with E-state index in [2.05, 4.69) is 4.74 Å². The second-order valence-electron chi connectivity index (χ2n) is 3.11. The lowest BCUT2D eigenvalue weighted by Crippen LogP contribution is -2.36. The van der Waals surface area contributed by atoms with E-state index >= 15 is 0 Å². The minimum absolute atomic E-state index is 0.0547. The van der Waals surface area contributed by atoms with Crippen LogP contribution in [0.3, 0.4) is 0 Å². The van der Waals surface area contributed by atoms with Gasteiger partial charge in [0.1, 0.15) is 12.1 Å². The summed E-state index contributed by atoms with van der Waals surface area (Å²) in [5.74, 6) is -3.31. The highest BCUT2D eigenvalue weighted by molar-refractivity contribution is 5.81. The van der Waals surface area contributed by atoms with Crippen LogP contribution in [0, 0.1) is 0 Å². The standard InChI is InChI=1S/C8H14N2O6/c9-4(7(13)14)1-2-16-8(15)5(10)3-6(11)12/h4-5H,1-3,9-10H2,(H,11,12)(H,13,14). The van der Waals surface area contributed by atoms with Gasteiger partial charge in [0.25, 0.3) is 0 Å². The fourth-order valence-electron chi connectivity index (χ4n) is 0.788. The van der Waals surface area contributed by atoms with E-state index in [1.54, 1.807) is 0 Å². The van der Waals surface area contributed by atoms with Crippen LogP contribution in [0.2, 0.25) is 0 Å². The third-order valence-electron chi connectivity index (χ3n) is 1.69. The maximum absolute atomic E-state index is 11.0. The average molecular weight is 234 g/mol. The van der Waals surface area contributed by atoms with Crippen LogP contribution >= 0.6 is 0 Å². The Labute approximate surface area is 91.2 Å². The third kappa shape index (κ3) is 5.94. The lowest BCUT2D eigenvalue weighted by molar-refractivity contribution is -0.150. The van der Waals surface area contributed by atoms with Crippen molar-refractivity contribution >= 4 is 17.9 Å². The summed E-state index contributed by atoms with van der Waals surface area (Å²) in [5, 5.41) is 16.7. The van der Waals surface area contributed by atoms with E-state index in [0.29, 0.717) is 0 Å². The van der Waals surface area contributed by atoms with Crippen LogP contribution < -0.4 is 11.5 Å². The van der Waals surface area contributed by atoms with Crippen LogP contribution in [0.1, 0.15) is 12.8 Å². The molecule has 0 aromatic carbocycles. The number of hydrogen-bond donors (Lipinski definition) is 4. The molecule has 2 unspecified atom stereocenters. The smallest absolute Gasteiger partial charge is 0.323 e. The first kappa shape index (κ1) is 14.3. The zero-order valence-corrected chi connectivity index (χ0v) is 8.46. The molecule has 0 saturated heterocycles. The molecule has 0 aliphatic heterocycles. The minimum Gasteiger partial charge on any atom is -0.481 e. The Bertz CT molecular complexity index is 280. The Morgan fingerprint density at radius 2 is 1.69 bits per heavy atom. The Kier molecular flexibility index (Phi) is 6.04. The summed E-state index contributed by atoms with van der Waals surface area (Å²) in [6.07, 6.45) is -0.593. The maximum atomic E-state index is 11.0. The highest BCUT2D eigenvalue weighted by Gasteiger charge is 2.19. The van der Waals surface area contributed by atoms with Gasteiger partial charge in [0, 0.05) is 6.42 Å². The molecule has 8 nitrogen and oxygen atoms in total. The van der Waals surface area contributed by atoms with Gasteiger partial charge in [-0.2, -0.15) is 0 Å². The predicted molar refractivity (Wildman–Crippen MR) is 51.4 cm³/mol. The molecule has 0 spiro atoms. The molecule has 0 saturated carbocycles. The monoisotopic (exact) mass is 234 g/mol. The molecule has 0 amide bonds. The summed E-state index contributed by atoms with van der Waals surface area (Å²) >= 11 is 0. The van der Waals surface area contributed by atoms with Crippen LogP contribution in [-0.4, -0.2) is 46.8 Å². The lowest BCUT2D eigenvalue weighted by atomic mass is 10.2. The van der Waals surface area contributed by atoms with E-state index in [1.165, 1.54) is 0 Å². The zero-order chi connectivity index (χ0) is 12.7. The Morgan fingerprint density at radius 1 is 1.12 bits per heavy atom. The molecule has 0 aromatic heterocycles. The molecule has 0 aromatic rings. The van der Waals surface area contributed by atoms with Crippen LogP contribution in [-0.2, 0) is 19.1 Å². The molecule has 0 radical (unpaired) electrons. The van der Waals surface area contributed by atoms with E-state index in [4.69, 9.17) is 21.7 Å². The SMILES string of the molecule is NC(CCOC(=O)C(N)CC(=O)O)C(=O)O. The summed E-state index contributed by atoms with van der Waals surface area (Å²) in [6, 6.07) is -2.37. The zero-order valence-electron chi connectivity index (χ0n) is 8.46. The molecule has 92 valence electrons. The quantitative estimate of drug-likeness (QED) is 0.374. The average Bonchev–Trinajstić information content (AvgIpc) is 2.15. The fourth-order valence-corrected chi connectivity index (χ4v) is 0.788. The van der Waals surface area contributed by atoms with E-state index in [-0.39, 0.29) is 13.0 Å².